The molecule has 1 heterocycles. The average molecular weight is 151 g/mol. The van der Waals surface area contributed by atoms with Gasteiger partial charge in [0.2, 0.25) is 0 Å². The van der Waals surface area contributed by atoms with E-state index in [0.29, 0.717) is 5.49 Å². The minimum absolute atomic E-state index is 0.352. The maximum absolute atomic E-state index is 7.32. The van der Waals surface area contributed by atoms with Crippen LogP contribution in [0.4, 0.5) is 0 Å². The van der Waals surface area contributed by atoms with E-state index in [1.165, 1.54) is 0 Å². The fourth-order valence-corrected chi connectivity index (χ4v) is 1.28. The number of hydrogen-bond acceptors (Lipinski definition) is 2. The maximum Gasteiger partial charge on any atom is 0.148 e. The van der Waals surface area contributed by atoms with Crippen molar-refractivity contribution in [1.82, 2.24) is 9.55 Å². The van der Waals surface area contributed by atoms with Gasteiger partial charge in [0.1, 0.15) is 11.3 Å². The number of aryl methyl sites for hydroxylation is 2. The first-order valence-electron chi connectivity index (χ1n) is 3.75. The van der Waals surface area contributed by atoms with Crippen molar-refractivity contribution < 1.29 is 0 Å². The van der Waals surface area contributed by atoms with Crippen LogP contribution in [-0.4, -0.2) is 9.55 Å². The van der Waals surface area contributed by atoms with E-state index >= 15 is 0 Å². The van der Waals surface area contributed by atoms with Crippen LogP contribution < -0.4 is 5.49 Å². The van der Waals surface area contributed by atoms with Crippen LogP contribution in [0.1, 0.15) is 18.4 Å². The zero-order chi connectivity index (χ0) is 8.43. The molecular weight excluding hydrogens is 138 g/mol. The van der Waals surface area contributed by atoms with Gasteiger partial charge in [-0.25, -0.2) is 4.98 Å². The van der Waals surface area contributed by atoms with Crippen molar-refractivity contribution in [2.24, 2.45) is 0 Å². The van der Waals surface area contributed by atoms with Gasteiger partial charge in [0.25, 0.3) is 0 Å². The Morgan fingerprint density at radius 3 is 2.64 bits per heavy atom. The normalized spacial score (nSPS) is 10.1. The Bertz CT molecular complexity index is 285. The molecule has 1 aromatic rings. The molecule has 1 aromatic heterocycles. The first-order chi connectivity index (χ1) is 5.15. The fraction of sp³-hybridized carbons (Fsp3) is 0.500. The largest absolute Gasteiger partial charge is 0.334 e. The zero-order valence-electron chi connectivity index (χ0n) is 7.18. The lowest BCUT2D eigenvalue weighted by Gasteiger charge is -2.09. The molecule has 0 amide bonds. The van der Waals surface area contributed by atoms with Gasteiger partial charge in [-0.15, -0.1) is 0 Å². The minimum Gasteiger partial charge on any atom is -0.334 e. The van der Waals surface area contributed by atoms with Gasteiger partial charge in [0.05, 0.1) is 0 Å². The Morgan fingerprint density at radius 2 is 2.18 bits per heavy atom. The van der Waals surface area contributed by atoms with Crippen molar-refractivity contribution >= 4 is 0 Å². The fourth-order valence-electron chi connectivity index (χ4n) is 1.28. The number of aromatic nitrogens is 2. The van der Waals surface area contributed by atoms with Crippen LogP contribution >= 0.6 is 0 Å². The second-order valence-electron chi connectivity index (χ2n) is 2.57. The molecule has 0 aliphatic rings. The second kappa shape index (κ2) is 2.86. The molecular formula is C8H13N3. The molecule has 3 nitrogen and oxygen atoms in total. The summed E-state index contributed by atoms with van der Waals surface area (Å²) in [7, 11) is 0. The highest BCUT2D eigenvalue weighted by atomic mass is 15.0. The predicted octanol–water partition coefficient (Wildman–Crippen LogP) is 0.999. The monoisotopic (exact) mass is 151 g/mol. The summed E-state index contributed by atoms with van der Waals surface area (Å²) in [5.41, 5.74) is 1.45. The van der Waals surface area contributed by atoms with Gasteiger partial charge in [0.15, 0.2) is 0 Å². The summed E-state index contributed by atoms with van der Waals surface area (Å²) in [6.07, 6.45) is 0. The standard InChI is InChI=1S/C8H13N3/c1-4-11-6(2)5-8(9)10-7(11)3/h5,9H,4H2,1-3H3. The van der Waals surface area contributed by atoms with E-state index in [-0.39, 0.29) is 0 Å². The van der Waals surface area contributed by atoms with Crippen molar-refractivity contribution in [3.8, 4) is 0 Å². The molecule has 0 unspecified atom stereocenters. The smallest absolute Gasteiger partial charge is 0.148 e. The second-order valence-corrected chi connectivity index (χ2v) is 2.57. The van der Waals surface area contributed by atoms with Crippen LogP contribution in [0.2, 0.25) is 0 Å². The minimum atomic E-state index is 0.352. The van der Waals surface area contributed by atoms with Crippen molar-refractivity contribution in [2.75, 3.05) is 0 Å². The average Bonchev–Trinajstić information content (AvgIpc) is 1.85. The summed E-state index contributed by atoms with van der Waals surface area (Å²) in [5.74, 6) is 0.914. The molecule has 60 valence electrons. The molecule has 1 rings (SSSR count). The number of hydrogen-bond donors (Lipinski definition) is 1. The number of rotatable bonds is 1. The summed E-state index contributed by atoms with van der Waals surface area (Å²) >= 11 is 0. The molecule has 11 heavy (non-hydrogen) atoms. The third-order valence-electron chi connectivity index (χ3n) is 1.76. The van der Waals surface area contributed by atoms with Crippen molar-refractivity contribution in [3.05, 3.63) is 23.1 Å². The number of nitrogens with zero attached hydrogens (tertiary/aromatic N) is 2. The summed E-state index contributed by atoms with van der Waals surface area (Å²) < 4.78 is 2.08. The molecule has 0 bridgehead atoms. The summed E-state index contributed by atoms with van der Waals surface area (Å²) in [6.45, 7) is 6.92. The molecule has 0 atom stereocenters. The van der Waals surface area contributed by atoms with Gasteiger partial charge in [0, 0.05) is 18.3 Å². The highest BCUT2D eigenvalue weighted by molar-refractivity contribution is 5.01. The van der Waals surface area contributed by atoms with Crippen LogP contribution in [0, 0.1) is 19.3 Å². The highest BCUT2D eigenvalue weighted by Crippen LogP contribution is 1.96. The van der Waals surface area contributed by atoms with E-state index in [1.54, 1.807) is 6.07 Å². The predicted molar refractivity (Wildman–Crippen MR) is 43.2 cm³/mol. The van der Waals surface area contributed by atoms with Gasteiger partial charge in [-0.1, -0.05) is 0 Å². The van der Waals surface area contributed by atoms with Crippen molar-refractivity contribution in [2.45, 2.75) is 27.3 Å². The van der Waals surface area contributed by atoms with Crippen molar-refractivity contribution in [1.29, 1.82) is 5.41 Å². The molecule has 0 saturated carbocycles. The Morgan fingerprint density at radius 1 is 1.55 bits per heavy atom. The SMILES string of the molecule is CCn1c(C)cc(=N)nc1C. The Kier molecular flexibility index (Phi) is 2.08. The highest BCUT2D eigenvalue weighted by Gasteiger charge is 1.96. The summed E-state index contributed by atoms with van der Waals surface area (Å²) in [4.78, 5) is 4.03. The summed E-state index contributed by atoms with van der Waals surface area (Å²) in [5, 5.41) is 7.32. The van der Waals surface area contributed by atoms with E-state index in [0.717, 1.165) is 18.1 Å². The van der Waals surface area contributed by atoms with Crippen molar-refractivity contribution in [3.63, 3.8) is 0 Å². The lowest BCUT2D eigenvalue weighted by Crippen LogP contribution is -2.16. The first-order valence-corrected chi connectivity index (χ1v) is 3.75. The maximum atomic E-state index is 7.32. The molecule has 0 aliphatic carbocycles. The zero-order valence-corrected chi connectivity index (χ0v) is 7.18. The van der Waals surface area contributed by atoms with Gasteiger partial charge in [-0.05, 0) is 20.8 Å². The third kappa shape index (κ3) is 1.48. The van der Waals surface area contributed by atoms with Crippen LogP contribution in [0.5, 0.6) is 0 Å². The quantitative estimate of drug-likeness (QED) is 0.639. The molecule has 0 spiro atoms. The van der Waals surface area contributed by atoms with Crippen LogP contribution in [0.25, 0.3) is 0 Å². The molecule has 0 aromatic carbocycles. The Labute approximate surface area is 66.2 Å². The molecule has 0 fully saturated rings. The van der Waals surface area contributed by atoms with E-state index in [4.69, 9.17) is 5.41 Å². The third-order valence-corrected chi connectivity index (χ3v) is 1.76. The molecule has 3 heteroatoms. The Hall–Kier alpha value is -1.12. The molecule has 0 aliphatic heterocycles. The van der Waals surface area contributed by atoms with Gasteiger partial charge < -0.3 is 4.57 Å². The van der Waals surface area contributed by atoms with Crippen LogP contribution in [0.15, 0.2) is 6.07 Å². The van der Waals surface area contributed by atoms with E-state index in [1.807, 2.05) is 13.8 Å². The van der Waals surface area contributed by atoms with E-state index in [2.05, 4.69) is 16.5 Å². The van der Waals surface area contributed by atoms with Gasteiger partial charge in [-0.3, -0.25) is 5.41 Å². The summed E-state index contributed by atoms with van der Waals surface area (Å²) in [6, 6.07) is 1.77. The van der Waals surface area contributed by atoms with Crippen LogP contribution in [0.3, 0.4) is 0 Å². The van der Waals surface area contributed by atoms with E-state index < -0.39 is 0 Å². The molecule has 1 N–H and O–H groups in total. The van der Waals surface area contributed by atoms with Gasteiger partial charge in [-0.2, -0.15) is 0 Å². The Balaban J connectivity index is 3.36. The van der Waals surface area contributed by atoms with Gasteiger partial charge >= 0.3 is 0 Å². The molecule has 0 radical (unpaired) electrons. The number of nitrogens with one attached hydrogen (secondary N) is 1. The first kappa shape index (κ1) is 7.98. The topological polar surface area (TPSA) is 41.7 Å². The molecule has 0 saturated heterocycles. The van der Waals surface area contributed by atoms with E-state index in [9.17, 15) is 0 Å². The lowest BCUT2D eigenvalue weighted by atomic mass is 10.4. The lowest BCUT2D eigenvalue weighted by molar-refractivity contribution is 0.666. The van der Waals surface area contributed by atoms with Crippen LogP contribution in [-0.2, 0) is 6.54 Å².